The number of imidazole rings is 1. The normalized spacial score (nSPS) is 15.5. The number of hydrogen-bond donors (Lipinski definition) is 2. The van der Waals surface area contributed by atoms with Crippen molar-refractivity contribution >= 4 is 5.82 Å². The Morgan fingerprint density at radius 2 is 1.96 bits per heavy atom. The van der Waals surface area contributed by atoms with Crippen molar-refractivity contribution in [2.45, 2.75) is 25.7 Å². The van der Waals surface area contributed by atoms with Crippen molar-refractivity contribution in [2.24, 2.45) is 0 Å². The fraction of sp³-hybridized carbons (Fsp3) is 0.300. The van der Waals surface area contributed by atoms with Crippen LogP contribution in [-0.4, -0.2) is 33.1 Å². The minimum Gasteiger partial charge on any atom is -0.508 e. The number of phenols is 1. The molecule has 0 saturated carbocycles. The van der Waals surface area contributed by atoms with E-state index in [2.05, 4.69) is 32.8 Å². The number of nitrogens with zero attached hydrogens (tertiary/aromatic N) is 3. The molecule has 1 aromatic carbocycles. The summed E-state index contributed by atoms with van der Waals surface area (Å²) in [6, 6.07) is 11.4. The Morgan fingerprint density at radius 3 is 2.68 bits per heavy atom. The van der Waals surface area contributed by atoms with Crippen molar-refractivity contribution in [1.82, 2.24) is 15.0 Å². The monoisotopic (exact) mass is 334 g/mol. The largest absolute Gasteiger partial charge is 0.508 e. The molecule has 0 spiro atoms. The number of pyridine rings is 1. The maximum absolute atomic E-state index is 9.80. The molecule has 128 valence electrons. The highest BCUT2D eigenvalue weighted by atomic mass is 16.3. The van der Waals surface area contributed by atoms with Crippen LogP contribution in [0.2, 0.25) is 0 Å². The molecule has 1 aliphatic rings. The van der Waals surface area contributed by atoms with Gasteiger partial charge in [0.1, 0.15) is 11.6 Å². The Bertz CT molecular complexity index is 865. The summed E-state index contributed by atoms with van der Waals surface area (Å²) in [6.07, 6.45) is 5.77. The molecule has 2 aromatic heterocycles. The maximum atomic E-state index is 9.80. The third-order valence-electron chi connectivity index (χ3n) is 4.99. The number of piperidine rings is 1. The lowest BCUT2D eigenvalue weighted by molar-refractivity contribution is 0.475. The van der Waals surface area contributed by atoms with E-state index in [9.17, 15) is 5.11 Å². The van der Waals surface area contributed by atoms with Gasteiger partial charge in [-0.25, -0.2) is 9.97 Å². The number of hydrogen-bond acceptors (Lipinski definition) is 4. The highest BCUT2D eigenvalue weighted by Crippen LogP contribution is 2.35. The summed E-state index contributed by atoms with van der Waals surface area (Å²) in [5.41, 5.74) is 4.44. The van der Waals surface area contributed by atoms with Crippen molar-refractivity contribution in [3.8, 4) is 16.9 Å². The Kier molecular flexibility index (Phi) is 4.14. The molecule has 0 aliphatic carbocycles. The number of nitrogens with one attached hydrogen (secondary N) is 1. The minimum atomic E-state index is 0.278. The summed E-state index contributed by atoms with van der Waals surface area (Å²) >= 11 is 0. The van der Waals surface area contributed by atoms with E-state index in [-0.39, 0.29) is 5.75 Å². The Labute approximate surface area is 147 Å². The molecule has 0 unspecified atom stereocenters. The van der Waals surface area contributed by atoms with E-state index in [4.69, 9.17) is 0 Å². The lowest BCUT2D eigenvalue weighted by Gasteiger charge is -2.33. The maximum Gasteiger partial charge on any atom is 0.136 e. The van der Waals surface area contributed by atoms with Crippen molar-refractivity contribution < 1.29 is 5.11 Å². The zero-order chi connectivity index (χ0) is 17.2. The molecule has 25 heavy (non-hydrogen) atoms. The molecule has 3 heterocycles. The molecule has 0 atom stereocenters. The van der Waals surface area contributed by atoms with Gasteiger partial charge in [-0.3, -0.25) is 0 Å². The number of rotatable bonds is 3. The Hall–Kier alpha value is -2.82. The van der Waals surface area contributed by atoms with E-state index in [0.717, 1.165) is 42.9 Å². The lowest BCUT2D eigenvalue weighted by Crippen LogP contribution is -2.34. The van der Waals surface area contributed by atoms with Crippen molar-refractivity contribution in [3.05, 3.63) is 60.3 Å². The van der Waals surface area contributed by atoms with Gasteiger partial charge >= 0.3 is 0 Å². The Balaban J connectivity index is 1.57. The SMILES string of the molecule is Cc1[nH]cnc1C1CCN(c2ncccc2-c2cccc(O)c2)CC1. The zero-order valence-electron chi connectivity index (χ0n) is 14.3. The van der Waals surface area contributed by atoms with Crippen LogP contribution in [-0.2, 0) is 0 Å². The van der Waals surface area contributed by atoms with E-state index in [1.807, 2.05) is 24.4 Å². The molecule has 3 aromatic rings. The van der Waals surface area contributed by atoms with E-state index in [1.165, 1.54) is 11.4 Å². The molecule has 1 fully saturated rings. The van der Waals surface area contributed by atoms with Crippen LogP contribution in [0.1, 0.15) is 30.1 Å². The first-order chi connectivity index (χ1) is 12.2. The van der Waals surface area contributed by atoms with Crippen LogP contribution in [0.3, 0.4) is 0 Å². The zero-order valence-corrected chi connectivity index (χ0v) is 14.3. The highest BCUT2D eigenvalue weighted by molar-refractivity contribution is 5.76. The summed E-state index contributed by atoms with van der Waals surface area (Å²) in [6.45, 7) is 4.01. The van der Waals surface area contributed by atoms with Gasteiger partial charge in [0.05, 0.1) is 12.0 Å². The van der Waals surface area contributed by atoms with Crippen LogP contribution in [0.25, 0.3) is 11.1 Å². The molecule has 1 aliphatic heterocycles. The number of aromatic amines is 1. The first-order valence-electron chi connectivity index (χ1n) is 8.71. The molecule has 2 N–H and O–H groups in total. The van der Waals surface area contributed by atoms with Gasteiger partial charge in [0, 0.05) is 36.5 Å². The molecule has 0 bridgehead atoms. The second-order valence-electron chi connectivity index (χ2n) is 6.60. The third-order valence-corrected chi connectivity index (χ3v) is 4.99. The predicted molar refractivity (Wildman–Crippen MR) is 98.9 cm³/mol. The van der Waals surface area contributed by atoms with Gasteiger partial charge in [0.25, 0.3) is 0 Å². The van der Waals surface area contributed by atoms with Crippen LogP contribution in [0.15, 0.2) is 48.9 Å². The third kappa shape index (κ3) is 3.09. The van der Waals surface area contributed by atoms with Gasteiger partial charge in [0.2, 0.25) is 0 Å². The average Bonchev–Trinajstić information content (AvgIpc) is 3.08. The lowest BCUT2D eigenvalue weighted by atomic mass is 9.92. The molecular weight excluding hydrogens is 312 g/mol. The van der Waals surface area contributed by atoms with E-state index in [1.54, 1.807) is 18.5 Å². The van der Waals surface area contributed by atoms with Crippen molar-refractivity contribution in [1.29, 1.82) is 0 Å². The van der Waals surface area contributed by atoms with E-state index in [0.29, 0.717) is 5.92 Å². The van der Waals surface area contributed by atoms with Crippen LogP contribution in [0, 0.1) is 6.92 Å². The number of phenolic OH excluding ortho intramolecular Hbond substituents is 1. The Morgan fingerprint density at radius 1 is 1.12 bits per heavy atom. The smallest absolute Gasteiger partial charge is 0.136 e. The summed E-state index contributed by atoms with van der Waals surface area (Å²) in [5, 5.41) is 9.80. The molecule has 0 amide bonds. The minimum absolute atomic E-state index is 0.278. The first kappa shape index (κ1) is 15.7. The molecule has 0 radical (unpaired) electrons. The molecular formula is C20H22N4O. The molecule has 5 nitrogen and oxygen atoms in total. The standard InChI is InChI=1S/C20H22N4O/c1-14-19(23-13-22-14)15-7-10-24(11-8-15)20-18(6-3-9-21-20)16-4-2-5-17(25)12-16/h2-6,9,12-13,15,25H,7-8,10-11H2,1H3,(H,22,23). The predicted octanol–water partition coefficient (Wildman–Crippen LogP) is 3.87. The summed E-state index contributed by atoms with van der Waals surface area (Å²) in [7, 11) is 0. The fourth-order valence-corrected chi connectivity index (χ4v) is 3.69. The summed E-state index contributed by atoms with van der Waals surface area (Å²) < 4.78 is 0. The molecule has 1 saturated heterocycles. The molecule has 4 rings (SSSR count). The number of aromatic nitrogens is 3. The number of aryl methyl sites for hydroxylation is 1. The average molecular weight is 334 g/mol. The fourth-order valence-electron chi connectivity index (χ4n) is 3.69. The topological polar surface area (TPSA) is 65.0 Å². The number of benzene rings is 1. The summed E-state index contributed by atoms with van der Waals surface area (Å²) in [5.74, 6) is 1.78. The second-order valence-corrected chi connectivity index (χ2v) is 6.60. The van der Waals surface area contributed by atoms with Gasteiger partial charge in [-0.1, -0.05) is 12.1 Å². The van der Waals surface area contributed by atoms with Crippen LogP contribution < -0.4 is 4.90 Å². The number of aromatic hydroxyl groups is 1. The highest BCUT2D eigenvalue weighted by Gasteiger charge is 2.25. The van der Waals surface area contributed by atoms with Gasteiger partial charge in [-0.2, -0.15) is 0 Å². The van der Waals surface area contributed by atoms with Crippen molar-refractivity contribution in [2.75, 3.05) is 18.0 Å². The number of anilines is 1. The van der Waals surface area contributed by atoms with Crippen LogP contribution in [0.4, 0.5) is 5.82 Å². The van der Waals surface area contributed by atoms with Gasteiger partial charge in [-0.15, -0.1) is 0 Å². The van der Waals surface area contributed by atoms with Crippen LogP contribution >= 0.6 is 0 Å². The molecule has 5 heteroatoms. The number of H-pyrrole nitrogens is 1. The van der Waals surface area contributed by atoms with Gasteiger partial charge < -0.3 is 15.0 Å². The van der Waals surface area contributed by atoms with E-state index >= 15 is 0 Å². The van der Waals surface area contributed by atoms with Crippen molar-refractivity contribution in [3.63, 3.8) is 0 Å². The van der Waals surface area contributed by atoms with Gasteiger partial charge in [-0.05, 0) is 49.6 Å². The van der Waals surface area contributed by atoms with Gasteiger partial charge in [0.15, 0.2) is 0 Å². The quantitative estimate of drug-likeness (QED) is 0.763. The first-order valence-corrected chi connectivity index (χ1v) is 8.71. The second kappa shape index (κ2) is 6.59. The van der Waals surface area contributed by atoms with Crippen LogP contribution in [0.5, 0.6) is 5.75 Å². The van der Waals surface area contributed by atoms with E-state index < -0.39 is 0 Å². The summed E-state index contributed by atoms with van der Waals surface area (Å²) in [4.78, 5) is 14.7.